The maximum Gasteiger partial charge on any atom is 0.417 e. The molecule has 0 saturated carbocycles. The maximum absolute atomic E-state index is 13.0. The molecule has 156 valence electrons. The van der Waals surface area contributed by atoms with E-state index < -0.39 is 11.7 Å². The topological polar surface area (TPSA) is 51.2 Å². The van der Waals surface area contributed by atoms with Crippen molar-refractivity contribution in [3.05, 3.63) is 75.3 Å². The average molecular weight is 453 g/mol. The number of hydrogen-bond donors (Lipinski definition) is 1. The highest BCUT2D eigenvalue weighted by Gasteiger charge is 2.33. The lowest BCUT2D eigenvalue weighted by molar-refractivity contribution is -0.137. The minimum absolute atomic E-state index is 0.198. The molecule has 1 aliphatic heterocycles. The maximum atomic E-state index is 13.0. The smallest absolute Gasteiger partial charge is 0.417 e. The van der Waals surface area contributed by atoms with Crippen LogP contribution in [0.2, 0.25) is 5.02 Å². The minimum Gasteiger partial charge on any atom is -0.492 e. The summed E-state index contributed by atoms with van der Waals surface area (Å²) in [6.45, 7) is 0.284. The van der Waals surface area contributed by atoms with Crippen LogP contribution in [0.4, 0.5) is 18.3 Å². The predicted molar refractivity (Wildman–Crippen MR) is 109 cm³/mol. The number of rotatable bonds is 4. The van der Waals surface area contributed by atoms with E-state index in [1.54, 1.807) is 12.3 Å². The van der Waals surface area contributed by atoms with Crippen molar-refractivity contribution in [2.75, 3.05) is 11.9 Å². The van der Waals surface area contributed by atoms with E-state index in [1.165, 1.54) is 17.4 Å². The van der Waals surface area contributed by atoms with E-state index in [-0.39, 0.29) is 29.9 Å². The fraction of sp³-hybridized carbons (Fsp3) is 0.238. The zero-order valence-electron chi connectivity index (χ0n) is 15.5. The van der Waals surface area contributed by atoms with Crippen LogP contribution in [0.15, 0.2) is 48.7 Å². The van der Waals surface area contributed by atoms with E-state index in [1.807, 2.05) is 24.3 Å². The third-order valence-corrected chi connectivity index (χ3v) is 5.99. The molecule has 4 nitrogen and oxygen atoms in total. The molecule has 30 heavy (non-hydrogen) atoms. The molecule has 1 N–H and O–H groups in total. The molecule has 3 aromatic rings. The third kappa shape index (κ3) is 4.60. The van der Waals surface area contributed by atoms with E-state index in [0.717, 1.165) is 22.3 Å². The van der Waals surface area contributed by atoms with Gasteiger partial charge in [0.15, 0.2) is 5.13 Å². The molecule has 2 heterocycles. The Balaban J connectivity index is 1.41. The van der Waals surface area contributed by atoms with Crippen LogP contribution in [0.5, 0.6) is 5.75 Å². The molecule has 1 aromatic heterocycles. The molecule has 0 fully saturated rings. The van der Waals surface area contributed by atoms with Crippen molar-refractivity contribution < 1.29 is 22.7 Å². The predicted octanol–water partition coefficient (Wildman–Crippen LogP) is 5.60. The molecular weight excluding hydrogens is 437 g/mol. The van der Waals surface area contributed by atoms with Gasteiger partial charge in [-0.1, -0.05) is 35.9 Å². The van der Waals surface area contributed by atoms with Crippen molar-refractivity contribution in [3.8, 4) is 5.75 Å². The van der Waals surface area contributed by atoms with Crippen molar-refractivity contribution in [2.24, 2.45) is 5.92 Å². The largest absolute Gasteiger partial charge is 0.492 e. The van der Waals surface area contributed by atoms with Crippen LogP contribution in [-0.4, -0.2) is 17.5 Å². The Labute approximate surface area is 179 Å². The number of para-hydroxylation sites is 1. The van der Waals surface area contributed by atoms with Gasteiger partial charge in [-0.15, -0.1) is 11.3 Å². The summed E-state index contributed by atoms with van der Waals surface area (Å²) in [4.78, 5) is 17.5. The van der Waals surface area contributed by atoms with Crippen LogP contribution in [0.3, 0.4) is 0 Å². The molecule has 0 saturated heterocycles. The number of hydrogen-bond acceptors (Lipinski definition) is 4. The van der Waals surface area contributed by atoms with Gasteiger partial charge < -0.3 is 10.1 Å². The number of thiazole rings is 1. The van der Waals surface area contributed by atoms with Gasteiger partial charge in [-0.25, -0.2) is 4.98 Å². The normalized spacial score (nSPS) is 15.9. The summed E-state index contributed by atoms with van der Waals surface area (Å²) in [5.41, 5.74) is 0.578. The number of amides is 1. The molecule has 0 radical (unpaired) electrons. The van der Waals surface area contributed by atoms with E-state index in [2.05, 4.69) is 10.3 Å². The van der Waals surface area contributed by atoms with Crippen LogP contribution in [0.25, 0.3) is 0 Å². The first kappa shape index (κ1) is 20.7. The first-order valence-corrected chi connectivity index (χ1v) is 10.3. The van der Waals surface area contributed by atoms with E-state index in [9.17, 15) is 18.0 Å². The molecule has 4 rings (SSSR count). The van der Waals surface area contributed by atoms with Gasteiger partial charge in [0, 0.05) is 17.5 Å². The Morgan fingerprint density at radius 2 is 2.07 bits per heavy atom. The number of benzene rings is 2. The zero-order valence-corrected chi connectivity index (χ0v) is 17.1. The van der Waals surface area contributed by atoms with Crippen molar-refractivity contribution in [1.29, 1.82) is 0 Å². The summed E-state index contributed by atoms with van der Waals surface area (Å²) in [6, 6.07) is 11.4. The summed E-state index contributed by atoms with van der Waals surface area (Å²) in [5.74, 6) is 0.258. The van der Waals surface area contributed by atoms with E-state index in [0.29, 0.717) is 17.1 Å². The lowest BCUT2D eigenvalue weighted by atomic mass is 9.96. The van der Waals surface area contributed by atoms with Crippen LogP contribution in [0, 0.1) is 5.92 Å². The van der Waals surface area contributed by atoms with Crippen molar-refractivity contribution >= 4 is 34.0 Å². The monoisotopic (exact) mass is 452 g/mol. The first-order valence-electron chi connectivity index (χ1n) is 9.11. The highest BCUT2D eigenvalue weighted by molar-refractivity contribution is 7.15. The Kier molecular flexibility index (Phi) is 5.71. The molecule has 2 aromatic carbocycles. The standard InChI is InChI=1S/C21H16ClF3N2O2S/c22-17-6-5-12(8-16(17)21(23,24)25)7-15-10-26-20(30-15)27-19(28)14-9-13-3-1-2-4-18(13)29-11-14/h1-6,8,10,14H,7,9,11H2,(H,26,27,28)/t14-/m0/s1. The second kappa shape index (κ2) is 8.28. The molecular formula is C21H16ClF3N2O2S. The Hall–Kier alpha value is -2.58. The average Bonchev–Trinajstić information content (AvgIpc) is 3.15. The van der Waals surface area contributed by atoms with Crippen molar-refractivity contribution in [3.63, 3.8) is 0 Å². The summed E-state index contributed by atoms with van der Waals surface area (Å²) in [6.07, 6.45) is -2.13. The fourth-order valence-corrected chi connectivity index (χ4v) is 4.33. The molecule has 0 aliphatic carbocycles. The van der Waals surface area contributed by atoms with Crippen LogP contribution < -0.4 is 10.1 Å². The summed E-state index contributed by atoms with van der Waals surface area (Å²) in [5, 5.41) is 2.85. The second-order valence-corrected chi connectivity index (χ2v) is 8.45. The number of ether oxygens (including phenoxy) is 1. The fourth-order valence-electron chi connectivity index (χ4n) is 3.25. The molecule has 1 atom stereocenters. The SMILES string of the molecule is O=C(Nc1ncc(Cc2ccc(Cl)c(C(F)(F)F)c2)s1)[C@@H]1COc2ccccc2C1. The minimum atomic E-state index is -4.51. The Morgan fingerprint density at radius 3 is 2.87 bits per heavy atom. The summed E-state index contributed by atoms with van der Waals surface area (Å²) >= 11 is 6.89. The van der Waals surface area contributed by atoms with Gasteiger partial charge in [0.1, 0.15) is 12.4 Å². The van der Waals surface area contributed by atoms with E-state index >= 15 is 0 Å². The Morgan fingerprint density at radius 1 is 1.27 bits per heavy atom. The Bertz CT molecular complexity index is 1080. The summed E-state index contributed by atoms with van der Waals surface area (Å²) < 4.78 is 44.7. The highest BCUT2D eigenvalue weighted by atomic mass is 35.5. The van der Waals surface area contributed by atoms with Crippen LogP contribution in [0.1, 0.15) is 21.6 Å². The number of anilines is 1. The zero-order chi connectivity index (χ0) is 21.3. The number of carbonyl (C=O) groups is 1. The van der Waals surface area contributed by atoms with Crippen molar-refractivity contribution in [1.82, 2.24) is 4.98 Å². The lowest BCUT2D eigenvalue weighted by Gasteiger charge is -2.24. The molecule has 9 heteroatoms. The van der Waals surface area contributed by atoms with Gasteiger partial charge in [-0.05, 0) is 35.7 Å². The van der Waals surface area contributed by atoms with Crippen LogP contribution in [-0.2, 0) is 23.8 Å². The van der Waals surface area contributed by atoms with Crippen LogP contribution >= 0.6 is 22.9 Å². The van der Waals surface area contributed by atoms with Gasteiger partial charge in [0.2, 0.25) is 5.91 Å². The van der Waals surface area contributed by atoms with Gasteiger partial charge >= 0.3 is 6.18 Å². The van der Waals surface area contributed by atoms with E-state index in [4.69, 9.17) is 16.3 Å². The number of halogens is 4. The third-order valence-electron chi connectivity index (χ3n) is 4.75. The van der Waals surface area contributed by atoms with Gasteiger partial charge in [0.25, 0.3) is 0 Å². The molecule has 0 unspecified atom stereocenters. The molecule has 1 amide bonds. The number of alkyl halides is 3. The van der Waals surface area contributed by atoms with Crippen molar-refractivity contribution in [2.45, 2.75) is 19.0 Å². The number of fused-ring (bicyclic) bond motifs is 1. The second-order valence-electron chi connectivity index (χ2n) is 6.93. The van der Waals surface area contributed by atoms with Gasteiger partial charge in [-0.3, -0.25) is 4.79 Å². The van der Waals surface area contributed by atoms with Gasteiger partial charge in [-0.2, -0.15) is 13.2 Å². The number of aromatic nitrogens is 1. The number of nitrogens with one attached hydrogen (secondary N) is 1. The quantitative estimate of drug-likeness (QED) is 0.561. The highest BCUT2D eigenvalue weighted by Crippen LogP contribution is 2.36. The molecule has 0 bridgehead atoms. The molecule has 1 aliphatic rings. The number of carbonyl (C=O) groups excluding carboxylic acids is 1. The van der Waals surface area contributed by atoms with Gasteiger partial charge in [0.05, 0.1) is 16.5 Å². The summed E-state index contributed by atoms with van der Waals surface area (Å²) in [7, 11) is 0. The number of nitrogens with zero attached hydrogens (tertiary/aromatic N) is 1. The first-order chi connectivity index (χ1) is 14.3. The molecule has 0 spiro atoms. The lowest BCUT2D eigenvalue weighted by Crippen LogP contribution is -2.32.